The van der Waals surface area contributed by atoms with Crippen molar-refractivity contribution < 1.29 is 9.53 Å². The van der Waals surface area contributed by atoms with Gasteiger partial charge in [0, 0.05) is 5.56 Å². The monoisotopic (exact) mass is 337 g/mol. The number of hydrogen-bond donors (Lipinski definition) is 1. The minimum absolute atomic E-state index is 0.00124. The van der Waals surface area contributed by atoms with E-state index >= 15 is 0 Å². The highest BCUT2D eigenvalue weighted by Gasteiger charge is 2.18. The van der Waals surface area contributed by atoms with Crippen LogP contribution in [0.4, 0.5) is 0 Å². The lowest BCUT2D eigenvalue weighted by Gasteiger charge is -2.21. The fraction of sp³-hybridized carbons (Fsp3) is 0.318. The average Bonchev–Trinajstić information content (AvgIpc) is 2.61. The third kappa shape index (κ3) is 5.21. The van der Waals surface area contributed by atoms with Gasteiger partial charge in [-0.25, -0.2) is 0 Å². The Morgan fingerprint density at radius 1 is 1.20 bits per heavy atom. The van der Waals surface area contributed by atoms with Crippen molar-refractivity contribution in [2.75, 3.05) is 7.11 Å². The lowest BCUT2D eigenvalue weighted by molar-refractivity contribution is 0.0932. The summed E-state index contributed by atoms with van der Waals surface area (Å²) in [5.41, 5.74) is 2.73. The highest BCUT2D eigenvalue weighted by molar-refractivity contribution is 5.94. The molecule has 0 heterocycles. The van der Waals surface area contributed by atoms with Crippen LogP contribution in [0, 0.1) is 5.92 Å². The van der Waals surface area contributed by atoms with Crippen molar-refractivity contribution in [3.63, 3.8) is 0 Å². The summed E-state index contributed by atoms with van der Waals surface area (Å²) in [5.74, 6) is 1.19. The van der Waals surface area contributed by atoms with Crippen molar-refractivity contribution in [2.24, 2.45) is 5.92 Å². The van der Waals surface area contributed by atoms with E-state index in [1.807, 2.05) is 36.4 Å². The van der Waals surface area contributed by atoms with Gasteiger partial charge in [-0.15, -0.1) is 6.58 Å². The molecule has 1 atom stereocenters. The van der Waals surface area contributed by atoms with Crippen LogP contribution in [0.2, 0.25) is 0 Å². The Morgan fingerprint density at radius 2 is 1.92 bits per heavy atom. The predicted molar refractivity (Wildman–Crippen MR) is 103 cm³/mol. The zero-order chi connectivity index (χ0) is 18.2. The number of nitrogens with one attached hydrogen (secondary N) is 1. The van der Waals surface area contributed by atoms with Crippen molar-refractivity contribution >= 4 is 5.91 Å². The van der Waals surface area contributed by atoms with Crippen LogP contribution in [0.25, 0.3) is 0 Å². The highest BCUT2D eigenvalue weighted by atomic mass is 16.5. The predicted octanol–water partition coefficient (Wildman–Crippen LogP) is 4.94. The highest BCUT2D eigenvalue weighted by Crippen LogP contribution is 2.24. The van der Waals surface area contributed by atoms with E-state index in [-0.39, 0.29) is 11.9 Å². The first-order valence-corrected chi connectivity index (χ1v) is 8.68. The molecule has 0 aliphatic heterocycles. The normalized spacial score (nSPS) is 11.8. The van der Waals surface area contributed by atoms with E-state index in [0.29, 0.717) is 17.9 Å². The second-order valence-corrected chi connectivity index (χ2v) is 6.59. The van der Waals surface area contributed by atoms with Gasteiger partial charge in [0.05, 0.1) is 13.2 Å². The Labute approximate surface area is 150 Å². The Kier molecular flexibility index (Phi) is 6.81. The zero-order valence-corrected chi connectivity index (χ0v) is 15.3. The topological polar surface area (TPSA) is 38.3 Å². The van der Waals surface area contributed by atoms with E-state index in [1.54, 1.807) is 13.2 Å². The zero-order valence-electron chi connectivity index (χ0n) is 15.3. The van der Waals surface area contributed by atoms with Crippen molar-refractivity contribution in [3.8, 4) is 5.75 Å². The lowest BCUT2D eigenvalue weighted by atomic mass is 9.96. The molecule has 3 heteroatoms. The smallest absolute Gasteiger partial charge is 0.251 e. The number of methoxy groups -OCH3 is 1. The Balaban J connectivity index is 2.23. The maximum atomic E-state index is 12.8. The molecule has 0 fully saturated rings. The van der Waals surface area contributed by atoms with E-state index in [1.165, 1.54) is 0 Å². The van der Waals surface area contributed by atoms with Gasteiger partial charge in [0.15, 0.2) is 0 Å². The summed E-state index contributed by atoms with van der Waals surface area (Å²) in [6.07, 6.45) is 3.37. The first-order chi connectivity index (χ1) is 12.0. The molecule has 3 nitrogen and oxygen atoms in total. The SMILES string of the molecule is C=CCc1cc(C(=O)NC(CC(C)C)c2ccccc2)ccc1OC. The van der Waals surface area contributed by atoms with Crippen LogP contribution >= 0.6 is 0 Å². The largest absolute Gasteiger partial charge is 0.496 e. The summed E-state index contributed by atoms with van der Waals surface area (Å²) in [5, 5.41) is 3.18. The Hall–Kier alpha value is -2.55. The summed E-state index contributed by atoms with van der Waals surface area (Å²) in [7, 11) is 1.63. The second kappa shape index (κ2) is 9.07. The minimum Gasteiger partial charge on any atom is -0.496 e. The van der Waals surface area contributed by atoms with E-state index in [4.69, 9.17) is 4.74 Å². The number of allylic oxidation sites excluding steroid dienone is 1. The molecular formula is C22H27NO2. The lowest BCUT2D eigenvalue weighted by Crippen LogP contribution is -2.29. The van der Waals surface area contributed by atoms with Crippen molar-refractivity contribution in [1.82, 2.24) is 5.32 Å². The van der Waals surface area contributed by atoms with E-state index < -0.39 is 0 Å². The van der Waals surface area contributed by atoms with Gasteiger partial charge in [0.1, 0.15) is 5.75 Å². The van der Waals surface area contributed by atoms with Crippen LogP contribution in [0.3, 0.4) is 0 Å². The molecule has 0 saturated carbocycles. The van der Waals surface area contributed by atoms with E-state index in [2.05, 4.69) is 37.9 Å². The van der Waals surface area contributed by atoms with Crippen LogP contribution in [-0.4, -0.2) is 13.0 Å². The van der Waals surface area contributed by atoms with Crippen molar-refractivity contribution in [1.29, 1.82) is 0 Å². The first kappa shape index (κ1) is 18.8. The van der Waals surface area contributed by atoms with Gasteiger partial charge in [0.2, 0.25) is 0 Å². The van der Waals surface area contributed by atoms with Crippen molar-refractivity contribution in [2.45, 2.75) is 32.7 Å². The molecule has 1 amide bonds. The van der Waals surface area contributed by atoms with Gasteiger partial charge in [-0.05, 0) is 48.1 Å². The van der Waals surface area contributed by atoms with Gasteiger partial charge < -0.3 is 10.1 Å². The molecule has 1 unspecified atom stereocenters. The fourth-order valence-corrected chi connectivity index (χ4v) is 2.91. The molecule has 0 aliphatic carbocycles. The van der Waals surface area contributed by atoms with Gasteiger partial charge in [-0.2, -0.15) is 0 Å². The second-order valence-electron chi connectivity index (χ2n) is 6.59. The quantitative estimate of drug-likeness (QED) is 0.693. The number of rotatable bonds is 8. The fourth-order valence-electron chi connectivity index (χ4n) is 2.91. The summed E-state index contributed by atoms with van der Waals surface area (Å²) >= 11 is 0. The molecule has 132 valence electrons. The summed E-state index contributed by atoms with van der Waals surface area (Å²) < 4.78 is 5.36. The summed E-state index contributed by atoms with van der Waals surface area (Å²) in [4.78, 5) is 12.8. The van der Waals surface area contributed by atoms with Crippen LogP contribution < -0.4 is 10.1 Å². The van der Waals surface area contributed by atoms with E-state index in [0.717, 1.165) is 23.3 Å². The number of carbonyl (C=O) groups is 1. The molecule has 0 spiro atoms. The minimum atomic E-state index is -0.0672. The molecule has 0 bridgehead atoms. The number of carbonyl (C=O) groups excluding carboxylic acids is 1. The molecule has 1 N–H and O–H groups in total. The Morgan fingerprint density at radius 3 is 2.52 bits per heavy atom. The summed E-state index contributed by atoms with van der Waals surface area (Å²) in [6.45, 7) is 8.10. The van der Waals surface area contributed by atoms with Crippen molar-refractivity contribution in [3.05, 3.63) is 77.9 Å². The van der Waals surface area contributed by atoms with Gasteiger partial charge >= 0.3 is 0 Å². The maximum Gasteiger partial charge on any atom is 0.251 e. The molecule has 25 heavy (non-hydrogen) atoms. The number of ether oxygens (including phenoxy) is 1. The van der Waals surface area contributed by atoms with Crippen LogP contribution in [-0.2, 0) is 6.42 Å². The van der Waals surface area contributed by atoms with E-state index in [9.17, 15) is 4.79 Å². The van der Waals surface area contributed by atoms with Crippen LogP contribution in [0.1, 0.15) is 47.8 Å². The standard InChI is InChI=1S/C22H27NO2/c1-5-9-18-15-19(12-13-21(18)25-4)22(24)23-20(14-16(2)3)17-10-7-6-8-11-17/h5-8,10-13,15-16,20H,1,9,14H2,2-4H3,(H,23,24). The molecular weight excluding hydrogens is 310 g/mol. The summed E-state index contributed by atoms with van der Waals surface area (Å²) in [6, 6.07) is 15.6. The third-order valence-corrected chi connectivity index (χ3v) is 4.12. The van der Waals surface area contributed by atoms with Gasteiger partial charge in [-0.1, -0.05) is 50.3 Å². The first-order valence-electron chi connectivity index (χ1n) is 8.68. The molecule has 0 radical (unpaired) electrons. The third-order valence-electron chi connectivity index (χ3n) is 4.12. The number of amides is 1. The van der Waals surface area contributed by atoms with Crippen LogP contribution in [0.15, 0.2) is 61.2 Å². The molecule has 0 aliphatic rings. The maximum absolute atomic E-state index is 12.8. The molecule has 2 aromatic rings. The molecule has 0 aromatic heterocycles. The van der Waals surface area contributed by atoms with Gasteiger partial charge in [0.25, 0.3) is 5.91 Å². The molecule has 0 saturated heterocycles. The van der Waals surface area contributed by atoms with Crippen LogP contribution in [0.5, 0.6) is 5.75 Å². The Bertz CT molecular complexity index is 707. The number of hydrogen-bond acceptors (Lipinski definition) is 2. The molecule has 2 aromatic carbocycles. The number of benzene rings is 2. The average molecular weight is 337 g/mol. The molecule has 2 rings (SSSR count). The van der Waals surface area contributed by atoms with Gasteiger partial charge in [-0.3, -0.25) is 4.79 Å².